The first-order chi connectivity index (χ1) is 16.9. The number of amides is 2. The zero-order chi connectivity index (χ0) is 25.2. The van der Waals surface area contributed by atoms with Crippen molar-refractivity contribution in [1.29, 1.82) is 0 Å². The minimum atomic E-state index is -0.590. The molecule has 0 fully saturated rings. The highest BCUT2D eigenvalue weighted by Crippen LogP contribution is 2.19. The Hall–Kier alpha value is -3.40. The Morgan fingerprint density at radius 2 is 1.54 bits per heavy atom. The van der Waals surface area contributed by atoms with Gasteiger partial charge in [-0.1, -0.05) is 86.1 Å². The summed E-state index contributed by atoms with van der Waals surface area (Å²) >= 11 is 0. The number of hydrogen-bond donors (Lipinski definition) is 1. The molecule has 0 spiro atoms. The van der Waals surface area contributed by atoms with Gasteiger partial charge in [0.05, 0.1) is 6.42 Å². The number of aryl methyl sites for hydroxylation is 3. The molecule has 184 valence electrons. The number of carbonyl (C=O) groups is 2. The third kappa shape index (κ3) is 7.54. The van der Waals surface area contributed by atoms with Crippen molar-refractivity contribution in [3.05, 3.63) is 106 Å². The number of carbonyl (C=O) groups excluding carboxylic acids is 2. The van der Waals surface area contributed by atoms with Crippen molar-refractivity contribution in [2.45, 2.75) is 66.0 Å². The van der Waals surface area contributed by atoms with E-state index in [2.05, 4.69) is 51.2 Å². The van der Waals surface area contributed by atoms with Crippen LogP contribution in [0.1, 0.15) is 53.1 Å². The van der Waals surface area contributed by atoms with Crippen molar-refractivity contribution in [3.63, 3.8) is 0 Å². The summed E-state index contributed by atoms with van der Waals surface area (Å²) in [5, 5.41) is 3.09. The first-order valence-electron chi connectivity index (χ1n) is 12.6. The van der Waals surface area contributed by atoms with E-state index in [1.807, 2.05) is 54.6 Å². The predicted molar refractivity (Wildman–Crippen MR) is 143 cm³/mol. The Kier molecular flexibility index (Phi) is 9.66. The first-order valence-corrected chi connectivity index (χ1v) is 12.6. The van der Waals surface area contributed by atoms with Gasteiger partial charge in [-0.2, -0.15) is 0 Å². The van der Waals surface area contributed by atoms with Crippen molar-refractivity contribution in [2.24, 2.45) is 0 Å². The van der Waals surface area contributed by atoms with Gasteiger partial charge in [-0.25, -0.2) is 0 Å². The number of unbranched alkanes of at least 4 members (excludes halogenated alkanes) is 1. The lowest BCUT2D eigenvalue weighted by Gasteiger charge is -2.32. The van der Waals surface area contributed by atoms with E-state index in [1.54, 1.807) is 4.90 Å². The van der Waals surface area contributed by atoms with E-state index in [0.29, 0.717) is 19.5 Å². The highest BCUT2D eigenvalue weighted by atomic mass is 16.2. The Morgan fingerprint density at radius 3 is 2.23 bits per heavy atom. The van der Waals surface area contributed by atoms with Gasteiger partial charge < -0.3 is 10.2 Å². The molecular weight excluding hydrogens is 432 g/mol. The molecule has 2 amide bonds. The maximum atomic E-state index is 13.8. The summed E-state index contributed by atoms with van der Waals surface area (Å²) in [7, 11) is 0. The third-order valence-corrected chi connectivity index (χ3v) is 6.63. The molecule has 0 aliphatic carbocycles. The molecule has 0 saturated heterocycles. The van der Waals surface area contributed by atoms with E-state index in [4.69, 9.17) is 0 Å². The maximum Gasteiger partial charge on any atom is 0.243 e. The van der Waals surface area contributed by atoms with Crippen LogP contribution in [0.5, 0.6) is 0 Å². The van der Waals surface area contributed by atoms with Gasteiger partial charge in [0.2, 0.25) is 11.8 Å². The first kappa shape index (κ1) is 26.2. The summed E-state index contributed by atoms with van der Waals surface area (Å²) in [6.45, 7) is 9.30. The van der Waals surface area contributed by atoms with Crippen molar-refractivity contribution in [3.8, 4) is 0 Å². The second kappa shape index (κ2) is 12.9. The minimum absolute atomic E-state index is 0.0388. The summed E-state index contributed by atoms with van der Waals surface area (Å²) in [4.78, 5) is 29.1. The van der Waals surface area contributed by atoms with Crippen LogP contribution in [0.2, 0.25) is 0 Å². The molecule has 0 bridgehead atoms. The Balaban J connectivity index is 1.96. The van der Waals surface area contributed by atoms with Crippen molar-refractivity contribution in [2.75, 3.05) is 6.54 Å². The fraction of sp³-hybridized carbons (Fsp3) is 0.355. The van der Waals surface area contributed by atoms with Gasteiger partial charge in [-0.15, -0.1) is 0 Å². The molecule has 3 rings (SSSR count). The van der Waals surface area contributed by atoms with E-state index < -0.39 is 6.04 Å². The summed E-state index contributed by atoms with van der Waals surface area (Å²) in [5.74, 6) is -0.132. The topological polar surface area (TPSA) is 49.4 Å². The van der Waals surface area contributed by atoms with Gasteiger partial charge in [0.25, 0.3) is 0 Å². The lowest BCUT2D eigenvalue weighted by atomic mass is 9.99. The number of benzene rings is 3. The molecule has 0 heterocycles. The quantitative estimate of drug-likeness (QED) is 0.365. The number of nitrogens with zero attached hydrogens (tertiary/aromatic N) is 1. The van der Waals surface area contributed by atoms with Gasteiger partial charge in [0.1, 0.15) is 6.04 Å². The second-order valence-electron chi connectivity index (χ2n) is 9.39. The molecule has 35 heavy (non-hydrogen) atoms. The highest BCUT2D eigenvalue weighted by Gasteiger charge is 2.30. The Morgan fingerprint density at radius 1 is 0.829 bits per heavy atom. The molecule has 0 aliphatic rings. The van der Waals surface area contributed by atoms with Gasteiger partial charge in [-0.3, -0.25) is 9.59 Å². The minimum Gasteiger partial charge on any atom is -0.354 e. The molecule has 1 atom stereocenters. The molecule has 4 heteroatoms. The molecule has 0 saturated carbocycles. The van der Waals surface area contributed by atoms with Crippen molar-refractivity contribution >= 4 is 11.8 Å². The monoisotopic (exact) mass is 470 g/mol. The largest absolute Gasteiger partial charge is 0.354 e. The fourth-order valence-electron chi connectivity index (χ4n) is 4.22. The molecule has 3 aromatic carbocycles. The molecule has 0 aliphatic heterocycles. The summed E-state index contributed by atoms with van der Waals surface area (Å²) < 4.78 is 0. The highest BCUT2D eigenvalue weighted by molar-refractivity contribution is 5.88. The molecule has 3 aromatic rings. The predicted octanol–water partition coefficient (Wildman–Crippen LogP) is 5.71. The van der Waals surface area contributed by atoms with E-state index in [9.17, 15) is 9.59 Å². The van der Waals surface area contributed by atoms with Crippen molar-refractivity contribution < 1.29 is 9.59 Å². The zero-order valence-electron chi connectivity index (χ0n) is 21.5. The van der Waals surface area contributed by atoms with E-state index in [1.165, 1.54) is 11.1 Å². The SMILES string of the molecule is CCCCNC(=O)[C@@H](Cc1ccccc1)N(Cc1ccccc1C)C(=O)Cc1ccc(C)c(C)c1. The summed E-state index contributed by atoms with van der Waals surface area (Å²) in [6, 6.07) is 23.6. The summed E-state index contributed by atoms with van der Waals surface area (Å²) in [6.07, 6.45) is 2.66. The lowest BCUT2D eigenvalue weighted by Crippen LogP contribution is -2.51. The van der Waals surface area contributed by atoms with Crippen LogP contribution in [-0.2, 0) is 29.0 Å². The molecular formula is C31H38N2O2. The van der Waals surface area contributed by atoms with Gasteiger partial charge in [-0.05, 0) is 60.6 Å². The smallest absolute Gasteiger partial charge is 0.243 e. The lowest BCUT2D eigenvalue weighted by molar-refractivity contribution is -0.140. The molecule has 0 radical (unpaired) electrons. The van der Waals surface area contributed by atoms with Gasteiger partial charge >= 0.3 is 0 Å². The van der Waals surface area contributed by atoms with Crippen LogP contribution >= 0.6 is 0 Å². The van der Waals surface area contributed by atoms with Gasteiger partial charge in [0, 0.05) is 19.5 Å². The average Bonchev–Trinajstić information content (AvgIpc) is 2.85. The number of hydrogen-bond acceptors (Lipinski definition) is 2. The van der Waals surface area contributed by atoms with Crippen LogP contribution in [0.25, 0.3) is 0 Å². The van der Waals surface area contributed by atoms with E-state index in [0.717, 1.165) is 35.1 Å². The van der Waals surface area contributed by atoms with Crippen molar-refractivity contribution in [1.82, 2.24) is 10.2 Å². The van der Waals surface area contributed by atoms with E-state index in [-0.39, 0.29) is 18.2 Å². The van der Waals surface area contributed by atoms with Crippen LogP contribution in [0.15, 0.2) is 72.8 Å². The van der Waals surface area contributed by atoms with Crippen LogP contribution < -0.4 is 5.32 Å². The standard InChI is InChI=1S/C31H38N2O2/c1-5-6-18-32-31(35)29(20-26-13-8-7-9-14-26)33(22-28-15-11-10-12-24(28)3)30(34)21-27-17-16-23(2)25(4)19-27/h7-17,19,29H,5-6,18,20-22H2,1-4H3,(H,32,35)/t29-/m1/s1. The normalized spacial score (nSPS) is 11.7. The van der Waals surface area contributed by atoms with E-state index >= 15 is 0 Å². The zero-order valence-corrected chi connectivity index (χ0v) is 21.5. The number of nitrogens with one attached hydrogen (secondary N) is 1. The van der Waals surface area contributed by atoms with Gasteiger partial charge in [0.15, 0.2) is 0 Å². The third-order valence-electron chi connectivity index (χ3n) is 6.63. The Labute approximate surface area is 210 Å². The fourth-order valence-corrected chi connectivity index (χ4v) is 4.22. The Bertz CT molecular complexity index is 1120. The summed E-state index contributed by atoms with van der Waals surface area (Å²) in [5.41, 5.74) is 6.55. The van der Waals surface area contributed by atoms with Crippen LogP contribution in [-0.4, -0.2) is 29.3 Å². The maximum absolute atomic E-state index is 13.8. The molecule has 1 N–H and O–H groups in total. The van der Waals surface area contributed by atoms with Crippen LogP contribution in [0, 0.1) is 20.8 Å². The van der Waals surface area contributed by atoms with Crippen LogP contribution in [0.4, 0.5) is 0 Å². The molecule has 4 nitrogen and oxygen atoms in total. The number of rotatable bonds is 11. The second-order valence-corrected chi connectivity index (χ2v) is 9.39. The molecule has 0 unspecified atom stereocenters. The van der Waals surface area contributed by atoms with Crippen LogP contribution in [0.3, 0.4) is 0 Å². The average molecular weight is 471 g/mol. The molecule has 0 aromatic heterocycles.